The average molecular weight is 205 g/mol. The largest absolute Gasteiger partial charge is 0.314 e. The lowest BCUT2D eigenvalue weighted by atomic mass is 9.95. The summed E-state index contributed by atoms with van der Waals surface area (Å²) in [5.74, 6) is 0.313. The van der Waals surface area contributed by atoms with Gasteiger partial charge in [0, 0.05) is 11.8 Å². The van der Waals surface area contributed by atoms with E-state index in [1.807, 2.05) is 7.05 Å². The van der Waals surface area contributed by atoms with Crippen LogP contribution in [0.15, 0.2) is 0 Å². The van der Waals surface area contributed by atoms with Crippen LogP contribution in [-0.2, 0) is 9.84 Å². The van der Waals surface area contributed by atoms with Crippen LogP contribution in [0.4, 0.5) is 0 Å². The molecule has 78 valence electrons. The van der Waals surface area contributed by atoms with Crippen LogP contribution < -0.4 is 5.32 Å². The lowest BCUT2D eigenvalue weighted by molar-refractivity contribution is 0.347. The fourth-order valence-corrected chi connectivity index (χ4v) is 2.82. The van der Waals surface area contributed by atoms with Crippen LogP contribution in [0, 0.1) is 0 Å². The second kappa shape index (κ2) is 3.96. The molecule has 0 radical (unpaired) electrons. The van der Waals surface area contributed by atoms with E-state index in [-0.39, 0.29) is 5.54 Å². The maximum absolute atomic E-state index is 11.0. The molecule has 13 heavy (non-hydrogen) atoms. The molecule has 1 fully saturated rings. The number of hydrogen-bond donors (Lipinski definition) is 1. The van der Waals surface area contributed by atoms with Gasteiger partial charge in [0.05, 0.1) is 5.75 Å². The summed E-state index contributed by atoms with van der Waals surface area (Å²) < 4.78 is 22.0. The van der Waals surface area contributed by atoms with Crippen molar-refractivity contribution in [3.63, 3.8) is 0 Å². The molecule has 3 nitrogen and oxygen atoms in total. The van der Waals surface area contributed by atoms with Gasteiger partial charge >= 0.3 is 0 Å². The Morgan fingerprint density at radius 2 is 1.85 bits per heavy atom. The lowest BCUT2D eigenvalue weighted by Gasteiger charge is -2.28. The van der Waals surface area contributed by atoms with Crippen molar-refractivity contribution >= 4 is 9.84 Å². The first-order valence-electron chi connectivity index (χ1n) is 4.84. The van der Waals surface area contributed by atoms with E-state index < -0.39 is 9.84 Å². The minimum absolute atomic E-state index is 0.114. The maximum atomic E-state index is 11.0. The van der Waals surface area contributed by atoms with E-state index in [1.54, 1.807) is 0 Å². The van der Waals surface area contributed by atoms with Gasteiger partial charge in [0.2, 0.25) is 0 Å². The van der Waals surface area contributed by atoms with Crippen molar-refractivity contribution in [2.75, 3.05) is 19.1 Å². The third-order valence-electron chi connectivity index (χ3n) is 3.04. The third kappa shape index (κ3) is 3.27. The fraction of sp³-hybridized carbons (Fsp3) is 1.00. The van der Waals surface area contributed by atoms with Gasteiger partial charge in [-0.2, -0.15) is 0 Å². The summed E-state index contributed by atoms with van der Waals surface area (Å²) in [6.45, 7) is 0. The zero-order valence-electron chi connectivity index (χ0n) is 8.47. The number of sulfone groups is 1. The Morgan fingerprint density at radius 3 is 2.23 bits per heavy atom. The minimum Gasteiger partial charge on any atom is -0.314 e. The molecule has 1 rings (SSSR count). The van der Waals surface area contributed by atoms with Gasteiger partial charge in [0.1, 0.15) is 9.84 Å². The first-order valence-corrected chi connectivity index (χ1v) is 6.90. The molecule has 4 heteroatoms. The van der Waals surface area contributed by atoms with Crippen molar-refractivity contribution in [2.45, 2.75) is 37.6 Å². The Balaban J connectivity index is 2.50. The second-order valence-corrected chi connectivity index (χ2v) is 6.38. The lowest BCUT2D eigenvalue weighted by Crippen LogP contribution is -2.41. The number of nitrogens with one attached hydrogen (secondary N) is 1. The van der Waals surface area contributed by atoms with Gasteiger partial charge in [-0.05, 0) is 26.3 Å². The van der Waals surface area contributed by atoms with Crippen molar-refractivity contribution in [3.05, 3.63) is 0 Å². The molecule has 0 atom stereocenters. The highest BCUT2D eigenvalue weighted by molar-refractivity contribution is 7.90. The molecular weight excluding hydrogens is 186 g/mol. The standard InChI is InChI=1S/C9H19NO2S/c1-10-9(5-3-4-6-9)7-8-13(2,11)12/h10H,3-8H2,1-2H3. The summed E-state index contributed by atoms with van der Waals surface area (Å²) in [6.07, 6.45) is 6.78. The summed E-state index contributed by atoms with van der Waals surface area (Å²) >= 11 is 0. The van der Waals surface area contributed by atoms with Gasteiger partial charge in [-0.1, -0.05) is 12.8 Å². The highest BCUT2D eigenvalue weighted by Crippen LogP contribution is 2.32. The molecule has 1 aliphatic carbocycles. The van der Waals surface area contributed by atoms with E-state index in [4.69, 9.17) is 0 Å². The Labute approximate surface area is 80.8 Å². The first kappa shape index (κ1) is 11.0. The monoisotopic (exact) mass is 205 g/mol. The summed E-state index contributed by atoms with van der Waals surface area (Å²) in [5.41, 5.74) is 0.114. The molecule has 0 aromatic heterocycles. The van der Waals surface area contributed by atoms with Crippen LogP contribution in [0.3, 0.4) is 0 Å². The summed E-state index contributed by atoms with van der Waals surface area (Å²) in [7, 11) is -0.862. The molecule has 1 saturated carbocycles. The van der Waals surface area contributed by atoms with Gasteiger partial charge in [-0.3, -0.25) is 0 Å². The predicted molar refractivity (Wildman–Crippen MR) is 54.6 cm³/mol. The van der Waals surface area contributed by atoms with Crippen molar-refractivity contribution in [3.8, 4) is 0 Å². The Kier molecular flexibility index (Phi) is 3.35. The molecule has 0 aromatic rings. The minimum atomic E-state index is -2.80. The van der Waals surface area contributed by atoms with E-state index in [9.17, 15) is 8.42 Å². The van der Waals surface area contributed by atoms with Crippen molar-refractivity contribution < 1.29 is 8.42 Å². The summed E-state index contributed by atoms with van der Waals surface area (Å²) in [5, 5.41) is 3.29. The molecule has 1 N–H and O–H groups in total. The number of hydrogen-bond acceptors (Lipinski definition) is 3. The average Bonchev–Trinajstić information content (AvgIpc) is 2.49. The molecule has 0 heterocycles. The first-order chi connectivity index (χ1) is 5.97. The SMILES string of the molecule is CNC1(CCS(C)(=O)=O)CCCC1. The predicted octanol–water partition coefficient (Wildman–Crippen LogP) is 0.953. The van der Waals surface area contributed by atoms with Crippen LogP contribution >= 0.6 is 0 Å². The molecule has 1 aliphatic rings. The van der Waals surface area contributed by atoms with Gasteiger partial charge < -0.3 is 5.32 Å². The Morgan fingerprint density at radius 1 is 1.31 bits per heavy atom. The van der Waals surface area contributed by atoms with Crippen LogP contribution in [-0.4, -0.2) is 33.0 Å². The van der Waals surface area contributed by atoms with E-state index in [0.29, 0.717) is 5.75 Å². The molecule has 0 saturated heterocycles. The van der Waals surface area contributed by atoms with E-state index in [0.717, 1.165) is 19.3 Å². The van der Waals surface area contributed by atoms with Crippen LogP contribution in [0.25, 0.3) is 0 Å². The van der Waals surface area contributed by atoms with Crippen LogP contribution in [0.2, 0.25) is 0 Å². The molecule has 0 spiro atoms. The fourth-order valence-electron chi connectivity index (χ4n) is 2.06. The summed E-state index contributed by atoms with van der Waals surface area (Å²) in [6, 6.07) is 0. The van der Waals surface area contributed by atoms with Gasteiger partial charge in [0.15, 0.2) is 0 Å². The molecule has 0 bridgehead atoms. The quantitative estimate of drug-likeness (QED) is 0.743. The summed E-state index contributed by atoms with van der Waals surface area (Å²) in [4.78, 5) is 0. The Bertz CT molecular complexity index is 253. The molecule has 0 aliphatic heterocycles. The van der Waals surface area contributed by atoms with Gasteiger partial charge in [0.25, 0.3) is 0 Å². The van der Waals surface area contributed by atoms with Gasteiger partial charge in [-0.15, -0.1) is 0 Å². The highest BCUT2D eigenvalue weighted by Gasteiger charge is 2.32. The third-order valence-corrected chi connectivity index (χ3v) is 3.99. The zero-order chi connectivity index (χ0) is 9.95. The second-order valence-electron chi connectivity index (χ2n) is 4.12. The van der Waals surface area contributed by atoms with Crippen LogP contribution in [0.5, 0.6) is 0 Å². The number of rotatable bonds is 4. The molecule has 0 unspecified atom stereocenters. The van der Waals surface area contributed by atoms with Gasteiger partial charge in [-0.25, -0.2) is 8.42 Å². The zero-order valence-corrected chi connectivity index (χ0v) is 9.28. The Hall–Kier alpha value is -0.0900. The topological polar surface area (TPSA) is 46.2 Å². The smallest absolute Gasteiger partial charge is 0.147 e. The normalized spacial score (nSPS) is 22.0. The maximum Gasteiger partial charge on any atom is 0.147 e. The van der Waals surface area contributed by atoms with E-state index >= 15 is 0 Å². The molecule has 0 aromatic carbocycles. The van der Waals surface area contributed by atoms with Crippen molar-refractivity contribution in [2.24, 2.45) is 0 Å². The van der Waals surface area contributed by atoms with Crippen LogP contribution in [0.1, 0.15) is 32.1 Å². The molecular formula is C9H19NO2S. The van der Waals surface area contributed by atoms with Crippen molar-refractivity contribution in [1.29, 1.82) is 0 Å². The highest BCUT2D eigenvalue weighted by atomic mass is 32.2. The van der Waals surface area contributed by atoms with E-state index in [1.165, 1.54) is 19.1 Å². The van der Waals surface area contributed by atoms with E-state index in [2.05, 4.69) is 5.32 Å². The molecule has 0 amide bonds. The van der Waals surface area contributed by atoms with Crippen molar-refractivity contribution in [1.82, 2.24) is 5.32 Å².